The van der Waals surface area contributed by atoms with Crippen molar-refractivity contribution in [3.05, 3.63) is 23.8 Å². The Morgan fingerprint density at radius 1 is 1.27 bits per heavy atom. The van der Waals surface area contributed by atoms with Gasteiger partial charge in [0.25, 0.3) is 0 Å². The molecule has 4 heteroatoms. The summed E-state index contributed by atoms with van der Waals surface area (Å²) >= 11 is 0. The van der Waals surface area contributed by atoms with Crippen molar-refractivity contribution in [2.75, 3.05) is 11.1 Å². The van der Waals surface area contributed by atoms with Gasteiger partial charge in [-0.25, -0.2) is 8.78 Å². The molecule has 1 aromatic rings. The first-order valence-corrected chi connectivity index (χ1v) is 5.07. The van der Waals surface area contributed by atoms with Gasteiger partial charge in [0.15, 0.2) is 11.6 Å². The number of hydrogen-bond donors (Lipinski definition) is 2. The molecule has 1 aromatic carbocycles. The van der Waals surface area contributed by atoms with Crippen LogP contribution in [0.3, 0.4) is 0 Å². The summed E-state index contributed by atoms with van der Waals surface area (Å²) in [4.78, 5) is 0. The Hall–Kier alpha value is -1.32. The lowest BCUT2D eigenvalue weighted by molar-refractivity contribution is 0.307. The molecule has 1 aliphatic carbocycles. The number of benzene rings is 1. The summed E-state index contributed by atoms with van der Waals surface area (Å²) in [6.07, 6.45) is 1.92. The molecule has 0 aromatic heterocycles. The second kappa shape index (κ2) is 3.68. The number of nitrogens with two attached hydrogens (primary N) is 1. The number of nitrogen functional groups attached to an aromatic ring is 1. The summed E-state index contributed by atoms with van der Waals surface area (Å²) < 4.78 is 26.7. The minimum atomic E-state index is -0.618. The van der Waals surface area contributed by atoms with E-state index in [0.717, 1.165) is 25.0 Å². The lowest BCUT2D eigenvalue weighted by atomic mass is 9.82. The van der Waals surface area contributed by atoms with Gasteiger partial charge in [-0.3, -0.25) is 0 Å². The standard InChI is InChI=1S/C11H14F2N2/c1-6-2-8(3-6)15-11-9(12)4-7(14)5-10(11)13/h4-6,8,15H,2-3,14H2,1H3. The third-order valence-electron chi connectivity index (χ3n) is 2.79. The number of anilines is 2. The van der Waals surface area contributed by atoms with Gasteiger partial charge in [-0.05, 0) is 30.9 Å². The van der Waals surface area contributed by atoms with Crippen molar-refractivity contribution in [3.8, 4) is 0 Å². The maximum atomic E-state index is 13.3. The van der Waals surface area contributed by atoms with Crippen LogP contribution in [0.15, 0.2) is 12.1 Å². The quantitative estimate of drug-likeness (QED) is 0.740. The highest BCUT2D eigenvalue weighted by molar-refractivity contribution is 5.54. The molecule has 2 rings (SSSR count). The molecule has 0 amide bonds. The first-order chi connectivity index (χ1) is 7.06. The van der Waals surface area contributed by atoms with E-state index in [2.05, 4.69) is 12.2 Å². The molecule has 3 N–H and O–H groups in total. The number of hydrogen-bond acceptors (Lipinski definition) is 2. The third-order valence-corrected chi connectivity index (χ3v) is 2.79. The van der Waals surface area contributed by atoms with Gasteiger partial charge in [0, 0.05) is 11.7 Å². The normalized spacial score (nSPS) is 24.7. The molecule has 1 fully saturated rings. The fourth-order valence-corrected chi connectivity index (χ4v) is 1.95. The monoisotopic (exact) mass is 212 g/mol. The highest BCUT2D eigenvalue weighted by Crippen LogP contribution is 2.31. The number of halogens is 2. The van der Waals surface area contributed by atoms with E-state index in [0.29, 0.717) is 5.92 Å². The van der Waals surface area contributed by atoms with Gasteiger partial charge >= 0.3 is 0 Å². The minimum absolute atomic E-state index is 0.0545. The van der Waals surface area contributed by atoms with Crippen LogP contribution in [0.4, 0.5) is 20.2 Å². The van der Waals surface area contributed by atoms with Crippen molar-refractivity contribution in [1.29, 1.82) is 0 Å². The van der Waals surface area contributed by atoms with Crippen molar-refractivity contribution in [3.63, 3.8) is 0 Å². The number of rotatable bonds is 2. The maximum absolute atomic E-state index is 13.3. The zero-order valence-electron chi connectivity index (χ0n) is 8.56. The first kappa shape index (κ1) is 10.2. The van der Waals surface area contributed by atoms with Gasteiger partial charge in [-0.15, -0.1) is 0 Å². The van der Waals surface area contributed by atoms with Gasteiger partial charge in [-0.2, -0.15) is 0 Å². The Bertz CT molecular complexity index is 350. The van der Waals surface area contributed by atoms with Gasteiger partial charge < -0.3 is 11.1 Å². The number of nitrogens with one attached hydrogen (secondary N) is 1. The van der Waals surface area contributed by atoms with Gasteiger partial charge in [0.1, 0.15) is 5.69 Å². The molecule has 0 bridgehead atoms. The molecule has 0 radical (unpaired) electrons. The molecule has 0 aliphatic heterocycles. The smallest absolute Gasteiger partial charge is 0.151 e. The van der Waals surface area contributed by atoms with Crippen molar-refractivity contribution in [2.24, 2.45) is 5.92 Å². The highest BCUT2D eigenvalue weighted by Gasteiger charge is 2.26. The van der Waals surface area contributed by atoms with Crippen LogP contribution < -0.4 is 11.1 Å². The molecule has 0 spiro atoms. The Labute approximate surface area is 87.5 Å². The SMILES string of the molecule is CC1CC(Nc2c(F)cc(N)cc2F)C1. The molecule has 0 saturated heterocycles. The van der Waals surface area contributed by atoms with Crippen LogP contribution in [-0.2, 0) is 0 Å². The Kier molecular flexibility index (Phi) is 2.50. The average Bonchev–Trinajstić information content (AvgIpc) is 2.07. The molecule has 0 unspecified atom stereocenters. The second-order valence-electron chi connectivity index (χ2n) is 4.28. The van der Waals surface area contributed by atoms with Crippen LogP contribution >= 0.6 is 0 Å². The van der Waals surface area contributed by atoms with Crippen LogP contribution in [0.2, 0.25) is 0 Å². The predicted octanol–water partition coefficient (Wildman–Crippen LogP) is 2.76. The zero-order valence-corrected chi connectivity index (χ0v) is 8.56. The molecule has 2 nitrogen and oxygen atoms in total. The summed E-state index contributed by atoms with van der Waals surface area (Å²) in [7, 11) is 0. The fraction of sp³-hybridized carbons (Fsp3) is 0.455. The summed E-state index contributed by atoms with van der Waals surface area (Å²) in [5.41, 5.74) is 5.37. The summed E-state index contributed by atoms with van der Waals surface area (Å²) in [6.45, 7) is 2.12. The summed E-state index contributed by atoms with van der Waals surface area (Å²) in [5, 5.41) is 2.87. The summed E-state index contributed by atoms with van der Waals surface area (Å²) in [6, 6.07) is 2.45. The van der Waals surface area contributed by atoms with Gasteiger partial charge in [0.2, 0.25) is 0 Å². The van der Waals surface area contributed by atoms with E-state index < -0.39 is 11.6 Å². The largest absolute Gasteiger partial charge is 0.399 e. The van der Waals surface area contributed by atoms with Crippen LogP contribution in [0.25, 0.3) is 0 Å². The van der Waals surface area contributed by atoms with Gasteiger partial charge in [0.05, 0.1) is 0 Å². The van der Waals surface area contributed by atoms with Crippen molar-refractivity contribution < 1.29 is 8.78 Å². The van der Waals surface area contributed by atoms with Crippen molar-refractivity contribution in [2.45, 2.75) is 25.8 Å². The Balaban J connectivity index is 2.14. The van der Waals surface area contributed by atoms with E-state index in [1.165, 1.54) is 0 Å². The van der Waals surface area contributed by atoms with E-state index in [9.17, 15) is 8.78 Å². The van der Waals surface area contributed by atoms with Crippen molar-refractivity contribution in [1.82, 2.24) is 0 Å². The molecule has 1 aliphatic rings. The lowest BCUT2D eigenvalue weighted by Crippen LogP contribution is -2.34. The van der Waals surface area contributed by atoms with Crippen LogP contribution in [0.1, 0.15) is 19.8 Å². The molecule has 15 heavy (non-hydrogen) atoms. The minimum Gasteiger partial charge on any atom is -0.399 e. The molecular formula is C11H14F2N2. The zero-order chi connectivity index (χ0) is 11.0. The predicted molar refractivity (Wildman–Crippen MR) is 56.6 cm³/mol. The Morgan fingerprint density at radius 3 is 2.27 bits per heavy atom. The van der Waals surface area contributed by atoms with E-state index in [1.807, 2.05) is 0 Å². The van der Waals surface area contributed by atoms with E-state index in [4.69, 9.17) is 5.73 Å². The van der Waals surface area contributed by atoms with E-state index >= 15 is 0 Å². The highest BCUT2D eigenvalue weighted by atomic mass is 19.1. The van der Waals surface area contributed by atoms with Crippen molar-refractivity contribution >= 4 is 11.4 Å². The van der Waals surface area contributed by atoms with E-state index in [1.54, 1.807) is 0 Å². The molecule has 1 saturated carbocycles. The maximum Gasteiger partial charge on any atom is 0.151 e. The second-order valence-corrected chi connectivity index (χ2v) is 4.28. The van der Waals surface area contributed by atoms with Gasteiger partial charge in [-0.1, -0.05) is 6.92 Å². The Morgan fingerprint density at radius 2 is 1.80 bits per heavy atom. The summed E-state index contributed by atoms with van der Waals surface area (Å²) in [5.74, 6) is -0.596. The fourth-order valence-electron chi connectivity index (χ4n) is 1.95. The molecule has 0 atom stereocenters. The topological polar surface area (TPSA) is 38.0 Å². The third kappa shape index (κ3) is 2.03. The lowest BCUT2D eigenvalue weighted by Gasteiger charge is -2.34. The van der Waals surface area contributed by atoms with Crippen LogP contribution in [-0.4, -0.2) is 6.04 Å². The van der Waals surface area contributed by atoms with E-state index in [-0.39, 0.29) is 17.4 Å². The van der Waals surface area contributed by atoms with Crippen LogP contribution in [0.5, 0.6) is 0 Å². The molecule has 82 valence electrons. The first-order valence-electron chi connectivity index (χ1n) is 5.07. The average molecular weight is 212 g/mol. The molecule has 0 heterocycles. The molecular weight excluding hydrogens is 198 g/mol. The van der Waals surface area contributed by atoms with Crippen LogP contribution in [0, 0.1) is 17.6 Å².